The predicted molar refractivity (Wildman–Crippen MR) is 300 cm³/mol. The van der Waals surface area contributed by atoms with E-state index in [1.54, 1.807) is 12.5 Å². The molecule has 9 aromatic carbocycles. The zero-order chi connectivity index (χ0) is 51.7. The quantitative estimate of drug-likeness (QED) is 0.149. The van der Waals surface area contributed by atoms with E-state index in [2.05, 4.69) is 169 Å². The highest BCUT2D eigenvalue weighted by molar-refractivity contribution is 7.33. The molecule has 71 heavy (non-hydrogen) atoms. The Morgan fingerprint density at radius 1 is 0.549 bits per heavy atom. The van der Waals surface area contributed by atoms with Crippen LogP contribution in [0.1, 0.15) is 33.2 Å². The van der Waals surface area contributed by atoms with Crippen molar-refractivity contribution in [3.05, 3.63) is 230 Å². The van der Waals surface area contributed by atoms with Crippen LogP contribution >= 0.6 is 11.3 Å². The van der Waals surface area contributed by atoms with Gasteiger partial charge in [0.15, 0.2) is 0 Å². The van der Waals surface area contributed by atoms with Gasteiger partial charge in [0.1, 0.15) is 11.2 Å². The maximum atomic E-state index is 9.46. The lowest BCUT2D eigenvalue weighted by atomic mass is 9.36. The van der Waals surface area contributed by atoms with Gasteiger partial charge in [-0.25, -0.2) is 0 Å². The summed E-state index contributed by atoms with van der Waals surface area (Å²) in [6.07, 6.45) is 3.42. The van der Waals surface area contributed by atoms with Crippen LogP contribution in [0.5, 0.6) is 0 Å². The van der Waals surface area contributed by atoms with E-state index in [-0.39, 0.29) is 29.8 Å². The van der Waals surface area contributed by atoms with Crippen LogP contribution in [0.15, 0.2) is 234 Å². The van der Waals surface area contributed by atoms with E-state index in [0.717, 1.165) is 105 Å². The molecule has 0 amide bonds. The molecule has 0 N–H and O–H groups in total. The first-order valence-electron chi connectivity index (χ1n) is 26.4. The molecule has 5 nitrogen and oxygen atoms in total. The molecule has 2 aliphatic heterocycles. The Morgan fingerprint density at radius 3 is 1.93 bits per heavy atom. The van der Waals surface area contributed by atoms with Crippen LogP contribution in [0.2, 0.25) is 0 Å². The molecule has 7 heteroatoms. The molecule has 0 aliphatic carbocycles. The van der Waals surface area contributed by atoms with E-state index in [1.165, 1.54) is 10.3 Å². The standard InChI is InChI=1S/C64H46BN3O2S/c1-64(2,3)46-23-30-60-52(39-46)62-63(71-60)65-53-27-24-50(66(47-19-11-6-12-20-47)54-22-14-13-21-51(54)42-17-9-5-10-18-42)40-55(53)67(48-25-28-58-43(35-48)31-33-69-58)56-37-45(41-15-7-4-8-16-41)38-57(61(56)65)68(62)49-26-29-59-44(36-49)32-34-70-59/h4-40H,1-3H3/i4D,7D,8D,15D,16D. The number of nitrogens with zero attached hydrogens (tertiary/aromatic N) is 3. The lowest BCUT2D eigenvalue weighted by molar-refractivity contribution is 0.591. The molecule has 0 saturated heterocycles. The van der Waals surface area contributed by atoms with Crippen LogP contribution in [0.25, 0.3) is 54.3 Å². The van der Waals surface area contributed by atoms with Crippen molar-refractivity contribution in [1.82, 2.24) is 0 Å². The molecule has 5 heterocycles. The lowest BCUT2D eigenvalue weighted by Crippen LogP contribution is -2.60. The Morgan fingerprint density at radius 2 is 1.21 bits per heavy atom. The average molecular weight is 937 g/mol. The van der Waals surface area contributed by atoms with E-state index in [4.69, 9.17) is 12.9 Å². The Kier molecular flexibility index (Phi) is 8.23. The predicted octanol–water partition coefficient (Wildman–Crippen LogP) is 16.6. The molecule has 338 valence electrons. The summed E-state index contributed by atoms with van der Waals surface area (Å²) in [5.41, 5.74) is 15.8. The van der Waals surface area contributed by atoms with E-state index < -0.39 is 18.1 Å². The first-order valence-corrected chi connectivity index (χ1v) is 24.7. The van der Waals surface area contributed by atoms with Gasteiger partial charge in [-0.2, -0.15) is 0 Å². The fourth-order valence-electron chi connectivity index (χ4n) is 10.9. The normalized spacial score (nSPS) is 13.9. The number of fused-ring (bicyclic) bond motifs is 8. The Hall–Kier alpha value is -8.52. The van der Waals surface area contributed by atoms with Crippen LogP contribution in [-0.4, -0.2) is 6.71 Å². The van der Waals surface area contributed by atoms with Crippen molar-refractivity contribution < 1.29 is 15.7 Å². The minimum Gasteiger partial charge on any atom is -0.464 e. The van der Waals surface area contributed by atoms with Crippen LogP contribution in [0, 0.1) is 0 Å². The molecule has 0 unspecified atom stereocenters. The molecule has 0 radical (unpaired) electrons. The Balaban J connectivity index is 1.12. The first-order chi connectivity index (χ1) is 36.9. The largest absolute Gasteiger partial charge is 0.464 e. The number of hydrogen-bond donors (Lipinski definition) is 0. The SMILES string of the molecule is [2H]c1c([2H])c([2H])c(-c2cc3c4c(c2)N(c2ccc5occc5c2)c2c(sc5ccc(C(C)(C)C)cc25)B4c2ccc(N(c4ccccc4)c4ccccc4-c4ccccc4)cc2N3c2ccc3occc3c2)c([2H])c1[2H]. The zero-order valence-electron chi connectivity index (χ0n) is 44.1. The molecule has 0 saturated carbocycles. The van der Waals surface area contributed by atoms with Gasteiger partial charge in [0, 0.05) is 71.0 Å². The lowest BCUT2D eigenvalue weighted by Gasteiger charge is -2.44. The van der Waals surface area contributed by atoms with Gasteiger partial charge in [-0.15, -0.1) is 11.3 Å². The number of rotatable bonds is 7. The number of hydrogen-bond acceptors (Lipinski definition) is 6. The van der Waals surface area contributed by atoms with E-state index >= 15 is 0 Å². The van der Waals surface area contributed by atoms with Gasteiger partial charge in [-0.3, -0.25) is 0 Å². The third kappa shape index (κ3) is 6.68. The maximum Gasteiger partial charge on any atom is 0.264 e. The minimum absolute atomic E-state index is 0.125. The summed E-state index contributed by atoms with van der Waals surface area (Å²) in [5.74, 6) is 0. The van der Waals surface area contributed by atoms with Gasteiger partial charge in [0.05, 0.1) is 30.8 Å². The van der Waals surface area contributed by atoms with Gasteiger partial charge in [0.25, 0.3) is 6.71 Å². The molecule has 12 aromatic rings. The molecule has 3 aromatic heterocycles. The number of anilines is 9. The highest BCUT2D eigenvalue weighted by Gasteiger charge is 2.46. The van der Waals surface area contributed by atoms with Gasteiger partial charge in [0.2, 0.25) is 0 Å². The molecule has 0 bridgehead atoms. The highest BCUT2D eigenvalue weighted by atomic mass is 32.1. The fraction of sp³-hybridized carbons (Fsp3) is 0.0625. The first kappa shape index (κ1) is 36.5. The summed E-state index contributed by atoms with van der Waals surface area (Å²) >= 11 is 1.81. The second-order valence-electron chi connectivity index (χ2n) is 19.4. The van der Waals surface area contributed by atoms with Gasteiger partial charge >= 0.3 is 0 Å². The highest BCUT2D eigenvalue weighted by Crippen LogP contribution is 2.51. The zero-order valence-corrected chi connectivity index (χ0v) is 39.9. The van der Waals surface area contributed by atoms with Gasteiger partial charge < -0.3 is 23.5 Å². The van der Waals surface area contributed by atoms with Gasteiger partial charge in [-0.1, -0.05) is 130 Å². The second kappa shape index (κ2) is 16.0. The molecule has 0 atom stereocenters. The summed E-state index contributed by atoms with van der Waals surface area (Å²) in [6, 6.07) is 62.0. The smallest absolute Gasteiger partial charge is 0.264 e. The van der Waals surface area contributed by atoms with Crippen molar-refractivity contribution in [3.8, 4) is 22.3 Å². The monoisotopic (exact) mass is 936 g/mol. The van der Waals surface area contributed by atoms with Crippen molar-refractivity contribution in [2.24, 2.45) is 0 Å². The van der Waals surface area contributed by atoms with E-state index in [9.17, 15) is 2.74 Å². The van der Waals surface area contributed by atoms with Crippen molar-refractivity contribution in [2.75, 3.05) is 14.7 Å². The van der Waals surface area contributed by atoms with Crippen LogP contribution in [0.3, 0.4) is 0 Å². The average Bonchev–Trinajstić information content (AvgIpc) is 4.23. The van der Waals surface area contributed by atoms with Crippen molar-refractivity contribution in [2.45, 2.75) is 26.2 Å². The number of para-hydroxylation sites is 2. The molecule has 2 aliphatic rings. The second-order valence-corrected chi connectivity index (χ2v) is 20.5. The van der Waals surface area contributed by atoms with E-state index in [1.807, 2.05) is 59.9 Å². The summed E-state index contributed by atoms with van der Waals surface area (Å²) in [4.78, 5) is 6.98. The molecule has 0 fully saturated rings. The minimum atomic E-state index is -0.439. The fourth-order valence-corrected chi connectivity index (χ4v) is 12.2. The van der Waals surface area contributed by atoms with Crippen LogP contribution < -0.4 is 30.4 Å². The number of benzene rings is 9. The van der Waals surface area contributed by atoms with Crippen LogP contribution in [0.4, 0.5) is 51.2 Å². The number of thiophene rings is 1. The Labute approximate surface area is 424 Å². The maximum absolute atomic E-state index is 9.46. The molecule has 0 spiro atoms. The van der Waals surface area contributed by atoms with Crippen molar-refractivity contribution in [1.29, 1.82) is 0 Å². The summed E-state index contributed by atoms with van der Waals surface area (Å²) in [6.45, 7) is 6.44. The third-order valence-electron chi connectivity index (χ3n) is 14.2. The number of furan rings is 2. The van der Waals surface area contributed by atoms with Crippen molar-refractivity contribution in [3.63, 3.8) is 0 Å². The summed E-state index contributed by atoms with van der Waals surface area (Å²) in [5, 5.41) is 2.97. The van der Waals surface area contributed by atoms with Gasteiger partial charge in [-0.05, 0) is 142 Å². The van der Waals surface area contributed by atoms with E-state index in [0.29, 0.717) is 5.56 Å². The van der Waals surface area contributed by atoms with Crippen molar-refractivity contribution >= 4 is 117 Å². The van der Waals surface area contributed by atoms with Crippen LogP contribution in [-0.2, 0) is 5.41 Å². The summed E-state index contributed by atoms with van der Waals surface area (Å²) < 4.78 is 59.6. The third-order valence-corrected chi connectivity index (χ3v) is 15.4. The topological polar surface area (TPSA) is 36.0 Å². The molecular formula is C64H46BN3O2S. The Bertz CT molecular complexity index is 4310. The molecule has 14 rings (SSSR count). The molecular weight excluding hydrogens is 886 g/mol. The summed E-state index contributed by atoms with van der Waals surface area (Å²) in [7, 11) is 0.